The lowest BCUT2D eigenvalue weighted by Crippen LogP contribution is -2.32. The second-order valence-electron chi connectivity index (χ2n) is 4.82. The van der Waals surface area contributed by atoms with Crippen LogP contribution in [0.4, 0.5) is 0 Å². The molecule has 1 aromatic carbocycles. The largest absolute Gasteiger partial charge is 0.506 e. The van der Waals surface area contributed by atoms with Crippen LogP contribution in [-0.4, -0.2) is 11.7 Å². The van der Waals surface area contributed by atoms with Gasteiger partial charge in [0.25, 0.3) is 0 Å². The summed E-state index contributed by atoms with van der Waals surface area (Å²) in [5, 5.41) is 9.75. The molecular formula is C13H18BrNO. The predicted molar refractivity (Wildman–Crippen MR) is 69.7 cm³/mol. The second kappa shape index (κ2) is 4.38. The van der Waals surface area contributed by atoms with Gasteiger partial charge in [-0.3, -0.25) is 0 Å². The number of benzene rings is 1. The van der Waals surface area contributed by atoms with Gasteiger partial charge in [0.05, 0.1) is 4.47 Å². The number of phenols is 1. The molecule has 2 nitrogen and oxygen atoms in total. The summed E-state index contributed by atoms with van der Waals surface area (Å²) in [6, 6.07) is 4.11. The zero-order valence-corrected chi connectivity index (χ0v) is 11.2. The van der Waals surface area contributed by atoms with E-state index in [1.165, 1.54) is 31.2 Å². The van der Waals surface area contributed by atoms with E-state index >= 15 is 0 Å². The minimum Gasteiger partial charge on any atom is -0.506 e. The van der Waals surface area contributed by atoms with E-state index in [-0.39, 0.29) is 5.41 Å². The van der Waals surface area contributed by atoms with Crippen LogP contribution in [0.15, 0.2) is 16.6 Å². The van der Waals surface area contributed by atoms with Crippen molar-refractivity contribution < 1.29 is 5.11 Å². The van der Waals surface area contributed by atoms with Gasteiger partial charge >= 0.3 is 0 Å². The smallest absolute Gasteiger partial charge is 0.132 e. The molecule has 16 heavy (non-hydrogen) atoms. The molecule has 0 bridgehead atoms. The molecule has 0 amide bonds. The van der Waals surface area contributed by atoms with Gasteiger partial charge < -0.3 is 10.8 Å². The number of halogens is 1. The van der Waals surface area contributed by atoms with Gasteiger partial charge in [0.1, 0.15) is 5.75 Å². The standard InChI is InChI=1S/C13H18BrNO/c1-9-6-10(7-11(14)12(9)16)13(8-15)4-2-3-5-13/h6-7,16H,2-5,8,15H2,1H3. The summed E-state index contributed by atoms with van der Waals surface area (Å²) in [5.41, 5.74) is 8.29. The summed E-state index contributed by atoms with van der Waals surface area (Å²) in [5.74, 6) is 0.342. The third-order valence-electron chi connectivity index (χ3n) is 3.82. The van der Waals surface area contributed by atoms with E-state index in [1.54, 1.807) is 0 Å². The van der Waals surface area contributed by atoms with Crippen molar-refractivity contribution in [1.29, 1.82) is 0 Å². The van der Waals surface area contributed by atoms with Gasteiger partial charge in [-0.15, -0.1) is 0 Å². The Bertz CT molecular complexity index is 374. The summed E-state index contributed by atoms with van der Waals surface area (Å²) in [6.07, 6.45) is 4.85. The van der Waals surface area contributed by atoms with E-state index < -0.39 is 0 Å². The number of rotatable bonds is 2. The fraction of sp³-hybridized carbons (Fsp3) is 0.538. The van der Waals surface area contributed by atoms with Crippen LogP contribution in [0.5, 0.6) is 5.75 Å². The summed E-state index contributed by atoms with van der Waals surface area (Å²) < 4.78 is 0.780. The minimum absolute atomic E-state index is 0.140. The summed E-state index contributed by atoms with van der Waals surface area (Å²) in [4.78, 5) is 0. The Balaban J connectivity index is 2.47. The van der Waals surface area contributed by atoms with Crippen LogP contribution in [0.1, 0.15) is 36.8 Å². The van der Waals surface area contributed by atoms with Gasteiger partial charge in [-0.1, -0.05) is 18.9 Å². The molecule has 0 spiro atoms. The van der Waals surface area contributed by atoms with E-state index in [2.05, 4.69) is 22.0 Å². The van der Waals surface area contributed by atoms with E-state index in [9.17, 15) is 5.11 Å². The lowest BCUT2D eigenvalue weighted by molar-refractivity contribution is 0.445. The first kappa shape index (κ1) is 11.9. The quantitative estimate of drug-likeness (QED) is 0.875. The maximum Gasteiger partial charge on any atom is 0.132 e. The van der Waals surface area contributed by atoms with Crippen LogP contribution in [0, 0.1) is 6.92 Å². The zero-order valence-electron chi connectivity index (χ0n) is 9.59. The maximum atomic E-state index is 9.75. The predicted octanol–water partition coefficient (Wildman–Crippen LogP) is 3.23. The lowest BCUT2D eigenvalue weighted by atomic mass is 9.78. The van der Waals surface area contributed by atoms with Crippen LogP contribution >= 0.6 is 15.9 Å². The highest BCUT2D eigenvalue weighted by Gasteiger charge is 2.34. The van der Waals surface area contributed by atoms with Gasteiger partial charge in [0.2, 0.25) is 0 Å². The van der Waals surface area contributed by atoms with Crippen molar-refractivity contribution in [2.45, 2.75) is 38.0 Å². The van der Waals surface area contributed by atoms with Crippen LogP contribution in [0.3, 0.4) is 0 Å². The van der Waals surface area contributed by atoms with Gasteiger partial charge in [-0.25, -0.2) is 0 Å². The molecule has 0 saturated heterocycles. The fourth-order valence-electron chi connectivity index (χ4n) is 2.71. The summed E-state index contributed by atoms with van der Waals surface area (Å²) >= 11 is 3.41. The first-order valence-electron chi connectivity index (χ1n) is 5.79. The Morgan fingerprint density at radius 1 is 1.38 bits per heavy atom. The van der Waals surface area contributed by atoms with Crippen molar-refractivity contribution in [1.82, 2.24) is 0 Å². The van der Waals surface area contributed by atoms with Gasteiger partial charge in [0.15, 0.2) is 0 Å². The first-order chi connectivity index (χ1) is 7.59. The van der Waals surface area contributed by atoms with Crippen molar-refractivity contribution in [3.05, 3.63) is 27.7 Å². The number of hydrogen-bond acceptors (Lipinski definition) is 2. The molecule has 0 aliphatic heterocycles. The molecule has 0 aromatic heterocycles. The lowest BCUT2D eigenvalue weighted by Gasteiger charge is -2.28. The molecule has 88 valence electrons. The van der Waals surface area contributed by atoms with Crippen LogP contribution in [0.2, 0.25) is 0 Å². The Hall–Kier alpha value is -0.540. The number of nitrogens with two attached hydrogens (primary N) is 1. The fourth-order valence-corrected chi connectivity index (χ4v) is 3.26. The van der Waals surface area contributed by atoms with Gasteiger partial charge in [-0.05, 0) is 52.9 Å². The highest BCUT2D eigenvalue weighted by atomic mass is 79.9. The molecule has 1 aromatic rings. The van der Waals surface area contributed by atoms with E-state index in [0.29, 0.717) is 12.3 Å². The molecular weight excluding hydrogens is 266 g/mol. The average Bonchev–Trinajstić information content (AvgIpc) is 2.75. The normalized spacial score (nSPS) is 18.9. The van der Waals surface area contributed by atoms with Crippen molar-refractivity contribution in [3.8, 4) is 5.75 Å². The molecule has 0 unspecified atom stereocenters. The van der Waals surface area contributed by atoms with Crippen molar-refractivity contribution in [2.24, 2.45) is 5.73 Å². The number of aromatic hydroxyl groups is 1. The van der Waals surface area contributed by atoms with Crippen LogP contribution in [0.25, 0.3) is 0 Å². The zero-order chi connectivity index (χ0) is 11.8. The molecule has 1 saturated carbocycles. The van der Waals surface area contributed by atoms with Crippen molar-refractivity contribution >= 4 is 15.9 Å². The van der Waals surface area contributed by atoms with Gasteiger partial charge in [-0.2, -0.15) is 0 Å². The maximum absolute atomic E-state index is 9.75. The van der Waals surface area contributed by atoms with Crippen molar-refractivity contribution in [3.63, 3.8) is 0 Å². The average molecular weight is 284 g/mol. The Morgan fingerprint density at radius 2 is 2.00 bits per heavy atom. The number of aryl methyl sites for hydroxylation is 1. The Labute approximate surface area is 105 Å². The number of phenolic OH excluding ortho intramolecular Hbond substituents is 1. The van der Waals surface area contributed by atoms with Crippen molar-refractivity contribution in [2.75, 3.05) is 6.54 Å². The molecule has 0 atom stereocenters. The molecule has 0 radical (unpaired) electrons. The van der Waals surface area contributed by atoms with E-state index in [4.69, 9.17) is 5.73 Å². The monoisotopic (exact) mass is 283 g/mol. The molecule has 2 rings (SSSR count). The summed E-state index contributed by atoms with van der Waals surface area (Å²) in [6.45, 7) is 2.63. The highest BCUT2D eigenvalue weighted by molar-refractivity contribution is 9.10. The third-order valence-corrected chi connectivity index (χ3v) is 4.42. The summed E-state index contributed by atoms with van der Waals surface area (Å²) in [7, 11) is 0. The minimum atomic E-state index is 0.140. The molecule has 0 heterocycles. The third kappa shape index (κ3) is 1.87. The Morgan fingerprint density at radius 3 is 2.50 bits per heavy atom. The highest BCUT2D eigenvalue weighted by Crippen LogP contribution is 2.43. The molecule has 1 aliphatic carbocycles. The molecule has 3 heteroatoms. The molecule has 3 N–H and O–H groups in total. The first-order valence-corrected chi connectivity index (χ1v) is 6.58. The molecule has 1 fully saturated rings. The van der Waals surface area contributed by atoms with Gasteiger partial charge in [0, 0.05) is 12.0 Å². The second-order valence-corrected chi connectivity index (χ2v) is 5.67. The SMILES string of the molecule is Cc1cc(C2(CN)CCCC2)cc(Br)c1O. The van der Waals surface area contributed by atoms with E-state index in [0.717, 1.165) is 10.0 Å². The van der Waals surface area contributed by atoms with Crippen LogP contribution < -0.4 is 5.73 Å². The Kier molecular flexibility index (Phi) is 3.27. The van der Waals surface area contributed by atoms with Crippen LogP contribution in [-0.2, 0) is 5.41 Å². The molecule has 1 aliphatic rings. The van der Waals surface area contributed by atoms with E-state index in [1.807, 2.05) is 13.0 Å². The topological polar surface area (TPSA) is 46.2 Å². The number of hydrogen-bond donors (Lipinski definition) is 2.